The summed E-state index contributed by atoms with van der Waals surface area (Å²) >= 11 is 0. The van der Waals surface area contributed by atoms with Gasteiger partial charge in [-0.25, -0.2) is 0 Å². The van der Waals surface area contributed by atoms with Crippen molar-refractivity contribution in [2.75, 3.05) is 0 Å². The van der Waals surface area contributed by atoms with E-state index in [9.17, 15) is 0 Å². The van der Waals surface area contributed by atoms with Gasteiger partial charge in [0.1, 0.15) is 0 Å². The second-order valence-corrected chi connectivity index (χ2v) is 5.48. The van der Waals surface area contributed by atoms with Crippen molar-refractivity contribution in [3.63, 3.8) is 0 Å². The van der Waals surface area contributed by atoms with Gasteiger partial charge in [0.25, 0.3) is 0 Å². The highest BCUT2D eigenvalue weighted by Gasteiger charge is 1.84. The van der Waals surface area contributed by atoms with E-state index in [0.717, 1.165) is 12.8 Å². The Kier molecular flexibility index (Phi) is 14.5. The highest BCUT2D eigenvalue weighted by Crippen LogP contribution is 1.99. The summed E-state index contributed by atoms with van der Waals surface area (Å²) in [6.07, 6.45) is 18.0. The second kappa shape index (κ2) is 16.2. The number of benzene rings is 1. The molecule has 2 N–H and O–H groups in total. The molecule has 0 aliphatic heterocycles. The first-order valence-corrected chi connectivity index (χ1v) is 8.55. The number of hydrazone groups is 1. The third kappa shape index (κ3) is 16.0. The minimum absolute atomic E-state index is 0.635. The topological polar surface area (TPSA) is 48.2 Å². The Balaban J connectivity index is 0.000000593. The lowest BCUT2D eigenvalue weighted by molar-refractivity contribution is 0.981. The molecule has 0 aliphatic carbocycles. The van der Waals surface area contributed by atoms with E-state index in [2.05, 4.69) is 68.4 Å². The number of nitrogens with one attached hydrogen (secondary N) is 2. The molecule has 134 valence electrons. The maximum absolute atomic E-state index is 7.63. The number of hydrogen-bond acceptors (Lipinski definition) is 3. The third-order valence-electron chi connectivity index (χ3n) is 3.06. The first-order valence-electron chi connectivity index (χ1n) is 8.55. The van der Waals surface area contributed by atoms with Crippen LogP contribution >= 0.6 is 0 Å². The molecular weight excluding hydrogens is 306 g/mol. The standard InChI is InChI=1S/C14H21N3.C8H10/c1-3-4-8-11-14(15)12-9-6-5-7-10-13-17-16-2;1-7-3-5-8(2)6-4-7/h4-5,7-10,12-13,15,17H,2-3,6,11H2,1H3;3-6H,1-2H3/b7-5-,8-4-,12-9+,13-10-,15-14?;. The molecule has 0 aliphatic rings. The molecule has 0 saturated heterocycles. The van der Waals surface area contributed by atoms with Gasteiger partial charge in [0.05, 0.1) is 0 Å². The highest BCUT2D eigenvalue weighted by molar-refractivity contribution is 5.93. The highest BCUT2D eigenvalue weighted by atomic mass is 15.3. The number of nitrogens with zero attached hydrogens (tertiary/aromatic N) is 1. The van der Waals surface area contributed by atoms with E-state index in [4.69, 9.17) is 5.41 Å². The zero-order valence-corrected chi connectivity index (χ0v) is 15.7. The van der Waals surface area contributed by atoms with Crippen molar-refractivity contribution in [2.45, 2.75) is 40.0 Å². The van der Waals surface area contributed by atoms with Crippen molar-refractivity contribution in [1.82, 2.24) is 5.43 Å². The molecule has 0 fully saturated rings. The van der Waals surface area contributed by atoms with Crippen LogP contribution in [0, 0.1) is 19.3 Å². The molecule has 0 amide bonds. The zero-order valence-electron chi connectivity index (χ0n) is 15.7. The van der Waals surface area contributed by atoms with Crippen molar-refractivity contribution in [2.24, 2.45) is 5.10 Å². The van der Waals surface area contributed by atoms with Gasteiger partial charge < -0.3 is 5.41 Å². The molecule has 1 rings (SSSR count). The Bertz CT molecular complexity index is 569. The number of allylic oxidation sites excluding steroid dienone is 7. The van der Waals surface area contributed by atoms with Gasteiger partial charge in [0.2, 0.25) is 0 Å². The first-order chi connectivity index (χ1) is 12.1. The van der Waals surface area contributed by atoms with Crippen LogP contribution in [-0.2, 0) is 0 Å². The van der Waals surface area contributed by atoms with Crippen LogP contribution in [0.3, 0.4) is 0 Å². The van der Waals surface area contributed by atoms with Crippen LogP contribution in [0.2, 0.25) is 0 Å². The Morgan fingerprint density at radius 2 is 1.68 bits per heavy atom. The smallest absolute Gasteiger partial charge is 0.0348 e. The monoisotopic (exact) mass is 337 g/mol. The Morgan fingerprint density at radius 3 is 2.24 bits per heavy atom. The lowest BCUT2D eigenvalue weighted by atomic mass is 10.2. The number of rotatable bonds is 9. The van der Waals surface area contributed by atoms with E-state index in [1.54, 1.807) is 6.20 Å². The molecule has 0 spiro atoms. The van der Waals surface area contributed by atoms with Crippen molar-refractivity contribution < 1.29 is 0 Å². The fourth-order valence-corrected chi connectivity index (χ4v) is 1.68. The van der Waals surface area contributed by atoms with E-state index in [-0.39, 0.29) is 0 Å². The van der Waals surface area contributed by atoms with Crippen LogP contribution in [0.15, 0.2) is 78.1 Å². The molecule has 0 saturated carbocycles. The van der Waals surface area contributed by atoms with E-state index in [0.29, 0.717) is 12.1 Å². The van der Waals surface area contributed by atoms with Gasteiger partial charge in [-0.2, -0.15) is 5.10 Å². The summed E-state index contributed by atoms with van der Waals surface area (Å²) in [5.74, 6) is 0. The lowest BCUT2D eigenvalue weighted by Crippen LogP contribution is -1.88. The zero-order chi connectivity index (χ0) is 18.8. The largest absolute Gasteiger partial charge is 0.305 e. The normalized spacial score (nSPS) is 11.2. The summed E-state index contributed by atoms with van der Waals surface area (Å²) in [6.45, 7) is 9.56. The molecule has 25 heavy (non-hydrogen) atoms. The Hall–Kier alpha value is -2.68. The average Bonchev–Trinajstić information content (AvgIpc) is 2.61. The van der Waals surface area contributed by atoms with E-state index in [1.165, 1.54) is 11.1 Å². The van der Waals surface area contributed by atoms with Gasteiger partial charge in [-0.3, -0.25) is 5.43 Å². The molecule has 3 heteroatoms. The maximum atomic E-state index is 7.63. The van der Waals surface area contributed by atoms with Gasteiger partial charge in [0, 0.05) is 25.0 Å². The van der Waals surface area contributed by atoms with Crippen LogP contribution in [0.25, 0.3) is 0 Å². The molecular formula is C22H31N3. The summed E-state index contributed by atoms with van der Waals surface area (Å²) in [6, 6.07) is 8.48. The van der Waals surface area contributed by atoms with Crippen LogP contribution in [0.4, 0.5) is 0 Å². The van der Waals surface area contributed by atoms with Crippen molar-refractivity contribution in [3.8, 4) is 0 Å². The summed E-state index contributed by atoms with van der Waals surface area (Å²) in [5.41, 5.74) is 5.90. The SMILES string of the molecule is C=NN/C=C\C=C/C/C=C/C(=N)C/C=C\CC.Cc1ccc(C)cc1. The predicted octanol–water partition coefficient (Wildman–Crippen LogP) is 5.89. The second-order valence-electron chi connectivity index (χ2n) is 5.48. The number of hydrogen-bond donors (Lipinski definition) is 2. The quantitative estimate of drug-likeness (QED) is 0.251. The van der Waals surface area contributed by atoms with Gasteiger partial charge in [-0.05, 0) is 38.8 Å². The van der Waals surface area contributed by atoms with Crippen LogP contribution in [0.1, 0.15) is 37.3 Å². The summed E-state index contributed by atoms with van der Waals surface area (Å²) < 4.78 is 0. The van der Waals surface area contributed by atoms with E-state index in [1.807, 2.05) is 36.5 Å². The fraction of sp³-hybridized carbons (Fsp3) is 0.273. The third-order valence-corrected chi connectivity index (χ3v) is 3.06. The number of aryl methyl sites for hydroxylation is 2. The molecule has 1 aromatic carbocycles. The van der Waals surface area contributed by atoms with E-state index < -0.39 is 0 Å². The minimum atomic E-state index is 0.635. The maximum Gasteiger partial charge on any atom is 0.0348 e. The van der Waals surface area contributed by atoms with Crippen LogP contribution in [0.5, 0.6) is 0 Å². The van der Waals surface area contributed by atoms with Crippen molar-refractivity contribution in [1.29, 1.82) is 5.41 Å². The van der Waals surface area contributed by atoms with Crippen molar-refractivity contribution >= 4 is 12.4 Å². The molecule has 0 bridgehead atoms. The average molecular weight is 338 g/mol. The molecule has 0 aromatic heterocycles. The van der Waals surface area contributed by atoms with Crippen LogP contribution in [-0.4, -0.2) is 12.4 Å². The van der Waals surface area contributed by atoms with E-state index >= 15 is 0 Å². The summed E-state index contributed by atoms with van der Waals surface area (Å²) in [4.78, 5) is 0. The summed E-state index contributed by atoms with van der Waals surface area (Å²) in [7, 11) is 0. The van der Waals surface area contributed by atoms with Gasteiger partial charge in [-0.1, -0.05) is 72.7 Å². The fourth-order valence-electron chi connectivity index (χ4n) is 1.68. The molecule has 0 unspecified atom stereocenters. The van der Waals surface area contributed by atoms with Gasteiger partial charge in [0.15, 0.2) is 0 Å². The Morgan fingerprint density at radius 1 is 1.04 bits per heavy atom. The molecule has 1 aromatic rings. The Labute approximate surface area is 153 Å². The lowest BCUT2D eigenvalue weighted by Gasteiger charge is -1.90. The van der Waals surface area contributed by atoms with Crippen molar-refractivity contribution in [3.05, 3.63) is 84.1 Å². The molecule has 3 nitrogen and oxygen atoms in total. The van der Waals surface area contributed by atoms with Gasteiger partial charge >= 0.3 is 0 Å². The molecule has 0 atom stereocenters. The predicted molar refractivity (Wildman–Crippen MR) is 112 cm³/mol. The molecule has 0 radical (unpaired) electrons. The summed E-state index contributed by atoms with van der Waals surface area (Å²) in [5, 5.41) is 11.1. The minimum Gasteiger partial charge on any atom is -0.305 e. The van der Waals surface area contributed by atoms with Gasteiger partial charge in [-0.15, -0.1) is 0 Å². The van der Waals surface area contributed by atoms with Crippen LogP contribution < -0.4 is 5.43 Å². The first kappa shape index (κ1) is 22.3. The molecule has 0 heterocycles.